The molecule has 1 amide bonds. The Morgan fingerprint density at radius 1 is 1.48 bits per heavy atom. The van der Waals surface area contributed by atoms with Crippen molar-refractivity contribution in [1.82, 2.24) is 14.6 Å². The number of nitrogens with zero attached hydrogens (tertiary/aromatic N) is 4. The molecule has 2 atom stereocenters. The molecule has 3 rings (SSSR count). The second-order valence-corrected chi connectivity index (χ2v) is 7.52. The molecule has 1 aliphatic rings. The van der Waals surface area contributed by atoms with E-state index in [4.69, 9.17) is 4.74 Å². The summed E-state index contributed by atoms with van der Waals surface area (Å²) in [5, 5.41) is 20.0. The number of aliphatic imine (C=N–C) groups is 1. The molecule has 0 aromatic carbocycles. The molecule has 1 aliphatic carbocycles. The Bertz CT molecular complexity index is 941. The number of carbonyl (C=O) groups is 1. The number of allylic oxidation sites excluding steroid dienone is 1. The van der Waals surface area contributed by atoms with Crippen molar-refractivity contribution < 1.29 is 14.6 Å². The monoisotopic (exact) mass is 462 g/mol. The molecule has 0 saturated heterocycles. The molecular weight excluding hydrogens is 440 g/mol. The average Bonchev–Trinajstić information content (AvgIpc) is 3.09. The summed E-state index contributed by atoms with van der Waals surface area (Å²) in [6, 6.07) is 1.79. The SMILES string of the molecule is C=C/C(=C\N=C)OC(=O)Nc1cc(NC2CCCCC2CO)nc2c(Br)cnn12. The van der Waals surface area contributed by atoms with Gasteiger partial charge in [-0.15, -0.1) is 0 Å². The normalized spacial score (nSPS) is 19.6. The zero-order valence-electron chi connectivity index (χ0n) is 15.8. The van der Waals surface area contributed by atoms with Crippen molar-refractivity contribution in [2.45, 2.75) is 31.7 Å². The van der Waals surface area contributed by atoms with Gasteiger partial charge in [-0.1, -0.05) is 19.4 Å². The molecule has 154 valence electrons. The van der Waals surface area contributed by atoms with Crippen LogP contribution in [0.3, 0.4) is 0 Å². The van der Waals surface area contributed by atoms with Crippen LogP contribution >= 0.6 is 15.9 Å². The Labute approximate surface area is 176 Å². The van der Waals surface area contributed by atoms with Crippen LogP contribution in [-0.4, -0.2) is 45.2 Å². The maximum atomic E-state index is 12.3. The number of halogens is 1. The minimum absolute atomic E-state index is 0.110. The highest BCUT2D eigenvalue weighted by atomic mass is 79.9. The molecule has 9 nitrogen and oxygen atoms in total. The number of anilines is 2. The van der Waals surface area contributed by atoms with Gasteiger partial charge < -0.3 is 15.2 Å². The zero-order chi connectivity index (χ0) is 20.8. The average molecular weight is 463 g/mol. The van der Waals surface area contributed by atoms with E-state index in [-0.39, 0.29) is 24.3 Å². The Balaban J connectivity index is 1.86. The summed E-state index contributed by atoms with van der Waals surface area (Å²) in [5.41, 5.74) is 0.536. The van der Waals surface area contributed by atoms with Gasteiger partial charge in [0.15, 0.2) is 5.65 Å². The lowest BCUT2D eigenvalue weighted by Gasteiger charge is -2.31. The van der Waals surface area contributed by atoms with Crippen LogP contribution in [0.1, 0.15) is 25.7 Å². The third-order valence-corrected chi connectivity index (χ3v) is 5.33. The Morgan fingerprint density at radius 3 is 3.00 bits per heavy atom. The van der Waals surface area contributed by atoms with Crippen LogP contribution in [0, 0.1) is 5.92 Å². The van der Waals surface area contributed by atoms with Crippen molar-refractivity contribution in [3.63, 3.8) is 0 Å². The third kappa shape index (κ3) is 5.01. The van der Waals surface area contributed by atoms with Gasteiger partial charge in [0.05, 0.1) is 16.9 Å². The second kappa shape index (κ2) is 9.66. The van der Waals surface area contributed by atoms with Gasteiger partial charge in [0.1, 0.15) is 17.4 Å². The summed E-state index contributed by atoms with van der Waals surface area (Å²) < 4.78 is 7.33. The number of hydrogen-bond donors (Lipinski definition) is 3. The van der Waals surface area contributed by atoms with Crippen molar-refractivity contribution in [2.24, 2.45) is 10.9 Å². The number of hydrogen-bond acceptors (Lipinski definition) is 7. The maximum Gasteiger partial charge on any atom is 0.418 e. The summed E-state index contributed by atoms with van der Waals surface area (Å²) in [7, 11) is 0. The first kappa shape index (κ1) is 21.0. The molecule has 1 fully saturated rings. The first-order valence-electron chi connectivity index (χ1n) is 9.24. The Hall–Kier alpha value is -2.72. The molecule has 2 aromatic heterocycles. The Kier molecular flexibility index (Phi) is 6.99. The lowest BCUT2D eigenvalue weighted by atomic mass is 9.85. The molecular formula is C19H23BrN6O3. The van der Waals surface area contributed by atoms with Crippen LogP contribution in [0.4, 0.5) is 16.4 Å². The van der Waals surface area contributed by atoms with E-state index in [9.17, 15) is 9.90 Å². The summed E-state index contributed by atoms with van der Waals surface area (Å²) in [5.74, 6) is 1.28. The fourth-order valence-electron chi connectivity index (χ4n) is 3.35. The number of amides is 1. The van der Waals surface area contributed by atoms with Crippen molar-refractivity contribution in [3.05, 3.63) is 41.4 Å². The number of nitrogens with one attached hydrogen (secondary N) is 2. The van der Waals surface area contributed by atoms with E-state index >= 15 is 0 Å². The Morgan fingerprint density at radius 2 is 2.28 bits per heavy atom. The van der Waals surface area contributed by atoms with Crippen molar-refractivity contribution in [3.8, 4) is 0 Å². The highest BCUT2D eigenvalue weighted by molar-refractivity contribution is 9.10. The molecule has 0 spiro atoms. The van der Waals surface area contributed by atoms with Crippen molar-refractivity contribution in [2.75, 3.05) is 17.2 Å². The molecule has 1 saturated carbocycles. The van der Waals surface area contributed by atoms with Gasteiger partial charge in [-0.05, 0) is 41.6 Å². The first-order chi connectivity index (χ1) is 14.0. The van der Waals surface area contributed by atoms with Crippen molar-refractivity contribution >= 4 is 46.0 Å². The lowest BCUT2D eigenvalue weighted by Crippen LogP contribution is -2.34. The first-order valence-corrected chi connectivity index (χ1v) is 10.0. The minimum atomic E-state index is -0.726. The van der Waals surface area contributed by atoms with Gasteiger partial charge in [-0.3, -0.25) is 10.3 Å². The van der Waals surface area contributed by atoms with E-state index in [0.717, 1.165) is 25.7 Å². The molecule has 2 unspecified atom stereocenters. The maximum absolute atomic E-state index is 12.3. The van der Waals surface area contributed by atoms with Crippen LogP contribution in [0.25, 0.3) is 5.65 Å². The smallest absolute Gasteiger partial charge is 0.408 e. The fraction of sp³-hybridized carbons (Fsp3) is 0.368. The standard InChI is InChI=1S/C19H23BrN6O3/c1-3-13(9-21-2)29-19(28)25-17-8-16(24-18-14(20)10-22-26(17)18)23-15-7-5-4-6-12(15)11-27/h3,8-10,12,15,27H,1-2,4-7,11H2,(H,23,24)(H,25,28)/b13-9+. The van der Waals surface area contributed by atoms with E-state index in [1.54, 1.807) is 12.3 Å². The topological polar surface area (TPSA) is 113 Å². The predicted octanol–water partition coefficient (Wildman–Crippen LogP) is 3.73. The number of aliphatic hydroxyl groups excluding tert-OH is 1. The van der Waals surface area contributed by atoms with Crippen LogP contribution in [0.5, 0.6) is 0 Å². The van der Waals surface area contributed by atoms with Crippen molar-refractivity contribution in [1.29, 1.82) is 0 Å². The van der Waals surface area contributed by atoms with E-state index in [0.29, 0.717) is 21.8 Å². The van der Waals surface area contributed by atoms with Gasteiger partial charge in [0, 0.05) is 24.6 Å². The second-order valence-electron chi connectivity index (χ2n) is 6.67. The van der Waals surface area contributed by atoms with E-state index in [1.807, 2.05) is 0 Å². The number of fused-ring (bicyclic) bond motifs is 1. The van der Waals surface area contributed by atoms with Gasteiger partial charge in [-0.2, -0.15) is 9.61 Å². The molecule has 10 heteroatoms. The molecule has 2 heterocycles. The predicted molar refractivity (Wildman–Crippen MR) is 115 cm³/mol. The van der Waals surface area contributed by atoms with Gasteiger partial charge >= 0.3 is 6.09 Å². The minimum Gasteiger partial charge on any atom is -0.408 e. The number of ether oxygens (including phenoxy) is 1. The van der Waals surface area contributed by atoms with Gasteiger partial charge in [0.25, 0.3) is 0 Å². The fourth-order valence-corrected chi connectivity index (χ4v) is 3.70. The zero-order valence-corrected chi connectivity index (χ0v) is 17.4. The summed E-state index contributed by atoms with van der Waals surface area (Å²) in [4.78, 5) is 20.4. The molecule has 0 radical (unpaired) electrons. The van der Waals surface area contributed by atoms with Gasteiger partial charge in [-0.25, -0.2) is 9.78 Å². The van der Waals surface area contributed by atoms with E-state index in [1.165, 1.54) is 16.8 Å². The number of rotatable bonds is 7. The molecule has 3 N–H and O–H groups in total. The summed E-state index contributed by atoms with van der Waals surface area (Å²) in [6.45, 7) is 7.01. The molecule has 0 aliphatic heterocycles. The molecule has 0 bridgehead atoms. The summed E-state index contributed by atoms with van der Waals surface area (Å²) in [6.07, 6.45) is 7.63. The summed E-state index contributed by atoms with van der Waals surface area (Å²) >= 11 is 3.42. The lowest BCUT2D eigenvalue weighted by molar-refractivity contribution is 0.178. The van der Waals surface area contributed by atoms with Crippen LogP contribution < -0.4 is 10.6 Å². The molecule has 29 heavy (non-hydrogen) atoms. The quantitative estimate of drug-likeness (QED) is 0.328. The van der Waals surface area contributed by atoms with E-state index in [2.05, 4.69) is 54.9 Å². The van der Waals surface area contributed by atoms with Crippen LogP contribution in [0.15, 0.2) is 46.3 Å². The number of aromatic nitrogens is 3. The highest BCUT2D eigenvalue weighted by Crippen LogP contribution is 2.28. The van der Waals surface area contributed by atoms with Crippen LogP contribution in [0.2, 0.25) is 0 Å². The third-order valence-electron chi connectivity index (χ3n) is 4.77. The van der Waals surface area contributed by atoms with Gasteiger partial charge in [0.2, 0.25) is 0 Å². The number of carbonyl (C=O) groups excluding carboxylic acids is 1. The largest absolute Gasteiger partial charge is 0.418 e. The molecule has 2 aromatic rings. The van der Waals surface area contributed by atoms with E-state index < -0.39 is 6.09 Å². The number of aliphatic hydroxyl groups is 1. The van der Waals surface area contributed by atoms with Crippen LogP contribution in [-0.2, 0) is 4.74 Å². The highest BCUT2D eigenvalue weighted by Gasteiger charge is 2.25.